The van der Waals surface area contributed by atoms with Crippen molar-refractivity contribution in [3.63, 3.8) is 0 Å². The normalized spacial score (nSPS) is 13.7. The van der Waals surface area contributed by atoms with Crippen molar-refractivity contribution in [3.05, 3.63) is 18.4 Å². The zero-order chi connectivity index (χ0) is 10.0. The van der Waals surface area contributed by atoms with E-state index in [2.05, 4.69) is 44.8 Å². The first kappa shape index (κ1) is 10.6. The molecule has 0 bridgehead atoms. The quantitative estimate of drug-likeness (QED) is 0.582. The number of nitrogens with zero attached hydrogens (tertiary/aromatic N) is 2. The van der Waals surface area contributed by atoms with Crippen LogP contribution < -0.4 is 0 Å². The summed E-state index contributed by atoms with van der Waals surface area (Å²) in [5, 5.41) is 0.962. The zero-order valence-electron chi connectivity index (χ0n) is 8.65. The highest BCUT2D eigenvalue weighted by Crippen LogP contribution is 2.25. The van der Waals surface area contributed by atoms with Gasteiger partial charge in [-0.2, -0.15) is 5.92 Å². The molecular formula is C10H17N2S-. The molecule has 0 radical (unpaired) electrons. The maximum atomic E-state index is 4.40. The Bertz CT molecular complexity index is 278. The number of rotatable bonds is 3. The van der Waals surface area contributed by atoms with E-state index in [4.69, 9.17) is 0 Å². The van der Waals surface area contributed by atoms with E-state index in [1.165, 1.54) is 0 Å². The highest BCUT2D eigenvalue weighted by Gasteiger charge is 2.07. The molecule has 0 aromatic carbocycles. The summed E-state index contributed by atoms with van der Waals surface area (Å²) >= 11 is 4.40. The Morgan fingerprint density at radius 3 is 2.46 bits per heavy atom. The molecule has 0 aliphatic heterocycles. The van der Waals surface area contributed by atoms with Gasteiger partial charge in [0.2, 0.25) is 0 Å². The first-order valence-corrected chi connectivity index (χ1v) is 5.02. The van der Waals surface area contributed by atoms with Gasteiger partial charge in [-0.15, -0.1) is 18.5 Å². The predicted octanol–water partition coefficient (Wildman–Crippen LogP) is 2.67. The molecule has 0 fully saturated rings. The van der Waals surface area contributed by atoms with Crippen LogP contribution in [0, 0.1) is 12.3 Å². The molecule has 74 valence electrons. The average Bonchev–Trinajstić information content (AvgIpc) is 2.31. The lowest BCUT2D eigenvalue weighted by Gasteiger charge is -2.23. The molecule has 0 aliphatic rings. The van der Waals surface area contributed by atoms with Gasteiger partial charge in [-0.25, -0.2) is 4.98 Å². The third kappa shape index (κ3) is 2.50. The zero-order valence-corrected chi connectivity index (χ0v) is 9.55. The smallest absolute Gasteiger partial charge is 0.0954 e. The fourth-order valence-electron chi connectivity index (χ4n) is 1.43. The van der Waals surface area contributed by atoms with E-state index in [1.54, 1.807) is 0 Å². The van der Waals surface area contributed by atoms with Crippen molar-refractivity contribution in [1.29, 1.82) is 0 Å². The van der Waals surface area contributed by atoms with E-state index in [-0.39, 0.29) is 0 Å². The standard InChI is InChI=1S/C10H17N2S/c1-7(2)5-8(3)9-10(13)12(4)6-11-9/h5-8,13H,1-4H3/q-1. The number of hydrogen-bond acceptors (Lipinski definition) is 2. The van der Waals surface area contributed by atoms with Gasteiger partial charge in [0.05, 0.1) is 11.4 Å². The lowest BCUT2D eigenvalue weighted by atomic mass is 9.96. The summed E-state index contributed by atoms with van der Waals surface area (Å²) in [4.78, 5) is 4.32. The first-order valence-electron chi connectivity index (χ1n) is 4.57. The van der Waals surface area contributed by atoms with Gasteiger partial charge in [0, 0.05) is 12.7 Å². The third-order valence-electron chi connectivity index (χ3n) is 2.04. The summed E-state index contributed by atoms with van der Waals surface area (Å²) in [7, 11) is 1.96. The van der Waals surface area contributed by atoms with E-state index in [9.17, 15) is 0 Å². The largest absolute Gasteiger partial charge is 0.329 e. The second-order valence-electron chi connectivity index (χ2n) is 3.79. The van der Waals surface area contributed by atoms with E-state index >= 15 is 0 Å². The molecule has 0 amide bonds. The molecule has 1 unspecified atom stereocenters. The van der Waals surface area contributed by atoms with Crippen LogP contribution in [0.3, 0.4) is 0 Å². The molecule has 0 saturated heterocycles. The molecule has 0 spiro atoms. The molecule has 0 N–H and O–H groups in total. The molecule has 2 nitrogen and oxygen atoms in total. The highest BCUT2D eigenvalue weighted by atomic mass is 32.1. The number of hydrogen-bond donors (Lipinski definition) is 1. The SMILES string of the molecule is CC(C)[CH-]C(C)c1ncn(C)c1S. The summed E-state index contributed by atoms with van der Waals surface area (Å²) in [6, 6.07) is 0. The molecule has 0 saturated carbocycles. The van der Waals surface area contributed by atoms with Gasteiger partial charge < -0.3 is 11.0 Å². The van der Waals surface area contributed by atoms with Gasteiger partial charge in [0.15, 0.2) is 0 Å². The Morgan fingerprint density at radius 1 is 1.46 bits per heavy atom. The Kier molecular flexibility index (Phi) is 3.42. The van der Waals surface area contributed by atoms with Gasteiger partial charge in [0.1, 0.15) is 0 Å². The fourth-order valence-corrected chi connectivity index (χ4v) is 1.74. The van der Waals surface area contributed by atoms with Crippen LogP contribution in [0.2, 0.25) is 0 Å². The van der Waals surface area contributed by atoms with E-state index in [0.717, 1.165) is 10.7 Å². The summed E-state index contributed by atoms with van der Waals surface area (Å²) in [5.41, 5.74) is 1.07. The summed E-state index contributed by atoms with van der Waals surface area (Å²) in [5.74, 6) is 0.971. The van der Waals surface area contributed by atoms with Crippen LogP contribution in [0.4, 0.5) is 0 Å². The molecule has 3 heteroatoms. The van der Waals surface area contributed by atoms with Crippen LogP contribution in [-0.2, 0) is 7.05 Å². The van der Waals surface area contributed by atoms with Crippen LogP contribution >= 0.6 is 12.6 Å². The van der Waals surface area contributed by atoms with Crippen molar-refractivity contribution >= 4 is 12.6 Å². The van der Waals surface area contributed by atoms with Crippen LogP contribution in [0.1, 0.15) is 32.4 Å². The Labute approximate surface area is 85.8 Å². The molecule has 1 aromatic heterocycles. The minimum Gasteiger partial charge on any atom is -0.329 e. The van der Waals surface area contributed by atoms with E-state index in [0.29, 0.717) is 11.8 Å². The Morgan fingerprint density at radius 2 is 2.08 bits per heavy atom. The number of aryl methyl sites for hydroxylation is 1. The van der Waals surface area contributed by atoms with Crippen LogP contribution in [0.15, 0.2) is 11.4 Å². The van der Waals surface area contributed by atoms with Crippen LogP contribution in [-0.4, -0.2) is 9.55 Å². The van der Waals surface area contributed by atoms with E-state index < -0.39 is 0 Å². The van der Waals surface area contributed by atoms with Crippen molar-refractivity contribution in [1.82, 2.24) is 9.55 Å². The fraction of sp³-hybridized carbons (Fsp3) is 0.600. The summed E-state index contributed by atoms with van der Waals surface area (Å²) < 4.78 is 1.93. The molecule has 1 rings (SSSR count). The first-order chi connectivity index (χ1) is 6.02. The van der Waals surface area contributed by atoms with E-state index in [1.807, 2.05) is 17.9 Å². The predicted molar refractivity (Wildman–Crippen MR) is 58.0 cm³/mol. The molecule has 0 aliphatic carbocycles. The second kappa shape index (κ2) is 4.18. The number of aromatic nitrogens is 2. The minimum atomic E-state index is 0.383. The molecule has 1 aromatic rings. The second-order valence-corrected chi connectivity index (χ2v) is 4.21. The Hall–Kier alpha value is -0.440. The molecule has 13 heavy (non-hydrogen) atoms. The van der Waals surface area contributed by atoms with Gasteiger partial charge in [-0.1, -0.05) is 20.8 Å². The maximum absolute atomic E-state index is 4.40. The summed E-state index contributed by atoms with van der Waals surface area (Å²) in [6.45, 7) is 6.51. The molecular weight excluding hydrogens is 180 g/mol. The minimum absolute atomic E-state index is 0.383. The van der Waals surface area contributed by atoms with Crippen molar-refractivity contribution in [2.24, 2.45) is 13.0 Å². The average molecular weight is 197 g/mol. The lowest BCUT2D eigenvalue weighted by Crippen LogP contribution is -2.01. The monoisotopic (exact) mass is 197 g/mol. The van der Waals surface area contributed by atoms with Gasteiger partial charge in [-0.3, -0.25) is 0 Å². The third-order valence-corrected chi connectivity index (χ3v) is 2.58. The lowest BCUT2D eigenvalue weighted by molar-refractivity contribution is 0.652. The van der Waals surface area contributed by atoms with Crippen molar-refractivity contribution in [2.75, 3.05) is 0 Å². The number of thiol groups is 1. The summed E-state index contributed by atoms with van der Waals surface area (Å²) in [6.07, 6.45) is 4.09. The maximum Gasteiger partial charge on any atom is 0.0954 e. The van der Waals surface area contributed by atoms with Gasteiger partial charge in [-0.05, 0) is 0 Å². The highest BCUT2D eigenvalue weighted by molar-refractivity contribution is 7.80. The van der Waals surface area contributed by atoms with Crippen LogP contribution in [0.25, 0.3) is 0 Å². The topological polar surface area (TPSA) is 17.8 Å². The van der Waals surface area contributed by atoms with Crippen molar-refractivity contribution in [3.8, 4) is 0 Å². The number of imidazole rings is 1. The molecule has 1 heterocycles. The van der Waals surface area contributed by atoms with Gasteiger partial charge >= 0.3 is 0 Å². The van der Waals surface area contributed by atoms with Crippen LogP contribution in [0.5, 0.6) is 0 Å². The molecule has 1 atom stereocenters. The van der Waals surface area contributed by atoms with Crippen molar-refractivity contribution in [2.45, 2.75) is 31.7 Å². The Balaban J connectivity index is 2.76. The van der Waals surface area contributed by atoms with Gasteiger partial charge in [0.25, 0.3) is 0 Å². The van der Waals surface area contributed by atoms with Crippen molar-refractivity contribution < 1.29 is 0 Å².